The fraction of sp³-hybridized carbons (Fsp3) is 0.409. The number of thioether (sulfide) groups is 1. The summed E-state index contributed by atoms with van der Waals surface area (Å²) in [4.78, 5) is 34.1. The van der Waals surface area contributed by atoms with E-state index in [1.807, 2.05) is 45.9 Å². The summed E-state index contributed by atoms with van der Waals surface area (Å²) >= 11 is 8.80. The molecular formula is C22H20Br2N4O3S. The molecule has 1 N–H and O–H groups in total. The summed E-state index contributed by atoms with van der Waals surface area (Å²) in [7, 11) is 1.44. The van der Waals surface area contributed by atoms with Crippen molar-refractivity contribution in [3.05, 3.63) is 51.2 Å². The molecule has 1 aromatic carbocycles. The first kappa shape index (κ1) is 20.8. The van der Waals surface area contributed by atoms with Gasteiger partial charge in [0.15, 0.2) is 17.0 Å². The molecule has 1 spiro atoms. The number of amides is 1. The number of nitrogens with zero attached hydrogens (tertiary/aromatic N) is 3. The maximum Gasteiger partial charge on any atom is 0.308 e. The lowest BCUT2D eigenvalue weighted by Crippen LogP contribution is -2.65. The van der Waals surface area contributed by atoms with Gasteiger partial charge in [-0.2, -0.15) is 0 Å². The number of methoxy groups -OCH3 is 1. The predicted molar refractivity (Wildman–Crippen MR) is 127 cm³/mol. The van der Waals surface area contributed by atoms with Gasteiger partial charge in [-0.25, -0.2) is 4.99 Å². The smallest absolute Gasteiger partial charge is 0.308 e. The van der Waals surface area contributed by atoms with Gasteiger partial charge in [-0.15, -0.1) is 0 Å². The van der Waals surface area contributed by atoms with Crippen molar-refractivity contribution in [1.29, 1.82) is 0 Å². The monoisotopic (exact) mass is 578 g/mol. The Balaban J connectivity index is 1.46. The number of hydrogen-bond donors (Lipinski definition) is 1. The van der Waals surface area contributed by atoms with Gasteiger partial charge in [0.05, 0.1) is 17.5 Å². The molecule has 166 valence electrons. The van der Waals surface area contributed by atoms with Gasteiger partial charge in [0.25, 0.3) is 5.91 Å². The molecule has 5 atom stereocenters. The average Bonchev–Trinajstić information content (AvgIpc) is 3.51. The number of halogens is 2. The summed E-state index contributed by atoms with van der Waals surface area (Å²) in [5.41, 5.74) is -0.0827. The third kappa shape index (κ3) is 2.75. The molecule has 0 radical (unpaired) electrons. The first-order valence-electron chi connectivity index (χ1n) is 10.5. The van der Waals surface area contributed by atoms with Gasteiger partial charge in [-0.3, -0.25) is 9.59 Å². The number of benzene rings is 1. The Hall–Kier alpha value is -1.78. The zero-order chi connectivity index (χ0) is 22.2. The molecule has 1 amide bonds. The number of fused-ring (bicyclic) bond motifs is 3. The second kappa shape index (κ2) is 7.36. The van der Waals surface area contributed by atoms with Crippen molar-refractivity contribution in [2.24, 2.45) is 22.7 Å². The van der Waals surface area contributed by atoms with Crippen LogP contribution in [0.5, 0.6) is 0 Å². The lowest BCUT2D eigenvalue weighted by molar-refractivity contribution is -0.145. The molecule has 2 fully saturated rings. The largest absolute Gasteiger partial charge is 0.469 e. The molecule has 1 saturated heterocycles. The Kier molecular flexibility index (Phi) is 4.79. The van der Waals surface area contributed by atoms with Gasteiger partial charge >= 0.3 is 5.97 Å². The number of ether oxygens (including phenoxy) is 1. The number of nitrogens with one attached hydrogen (secondary N) is 1. The number of carbonyl (C=O) groups is 2. The number of hydrogen-bond acceptors (Lipinski definition) is 6. The SMILES string of the molecule is COC(=O)C1C[C@@H]2CN3C(=O)c4cc(Br)c(Br)n4[C@@H]4N=C(Sc5ccccc5)N[C@@]43[C@H]2C1. The highest BCUT2D eigenvalue weighted by molar-refractivity contribution is 9.13. The molecule has 3 aliphatic heterocycles. The van der Waals surface area contributed by atoms with Gasteiger partial charge in [-0.1, -0.05) is 30.0 Å². The van der Waals surface area contributed by atoms with E-state index in [4.69, 9.17) is 9.73 Å². The van der Waals surface area contributed by atoms with E-state index in [9.17, 15) is 9.59 Å². The van der Waals surface area contributed by atoms with E-state index in [0.29, 0.717) is 18.7 Å². The Morgan fingerprint density at radius 1 is 1.28 bits per heavy atom. The normalized spacial score (nSPS) is 32.0. The predicted octanol–water partition coefficient (Wildman–Crippen LogP) is 4.24. The lowest BCUT2D eigenvalue weighted by atomic mass is 9.85. The molecule has 32 heavy (non-hydrogen) atoms. The lowest BCUT2D eigenvalue weighted by Gasteiger charge is -2.47. The summed E-state index contributed by atoms with van der Waals surface area (Å²) in [5, 5.41) is 4.47. The Morgan fingerprint density at radius 3 is 2.81 bits per heavy atom. The van der Waals surface area contributed by atoms with Crippen LogP contribution in [0.4, 0.5) is 0 Å². The zero-order valence-electron chi connectivity index (χ0n) is 17.1. The molecule has 6 rings (SSSR count). The van der Waals surface area contributed by atoms with Gasteiger partial charge in [-0.05, 0) is 68.8 Å². The maximum atomic E-state index is 13.6. The van der Waals surface area contributed by atoms with Crippen molar-refractivity contribution in [3.63, 3.8) is 0 Å². The van der Waals surface area contributed by atoms with E-state index in [1.165, 1.54) is 7.11 Å². The Morgan fingerprint density at radius 2 is 2.06 bits per heavy atom. The van der Waals surface area contributed by atoms with E-state index in [-0.39, 0.29) is 35.8 Å². The third-order valence-electron chi connectivity index (χ3n) is 7.20. The molecule has 1 unspecified atom stereocenters. The van der Waals surface area contributed by atoms with Crippen LogP contribution in [0.2, 0.25) is 0 Å². The van der Waals surface area contributed by atoms with Crippen molar-refractivity contribution in [2.75, 3.05) is 13.7 Å². The van der Waals surface area contributed by atoms with Crippen LogP contribution in [0, 0.1) is 17.8 Å². The van der Waals surface area contributed by atoms with Crippen LogP contribution in [-0.4, -0.2) is 45.8 Å². The molecule has 2 aromatic rings. The standard InChI is InChI=1S/C22H20Br2N4O3S/c1-31-19(30)11-7-12-10-27-18(29)16-9-15(23)17(24)28(16)20-22(27,14(12)8-11)26-21(25-20)32-13-5-3-2-4-6-13/h2-6,9,11-12,14,20H,7-8,10H2,1H3,(H,25,26)/t11?,12-,14+,20+,22-/m1/s1. The second-order valence-corrected chi connectivity index (χ2v) is 11.4. The molecule has 4 aliphatic rings. The van der Waals surface area contributed by atoms with Gasteiger partial charge in [0, 0.05) is 17.4 Å². The number of aliphatic imine (C=N–C) groups is 1. The number of carbonyl (C=O) groups excluding carboxylic acids is 2. The molecule has 1 saturated carbocycles. The molecule has 7 nitrogen and oxygen atoms in total. The maximum absolute atomic E-state index is 13.6. The van der Waals surface area contributed by atoms with Gasteiger partial charge < -0.3 is 19.5 Å². The van der Waals surface area contributed by atoms with E-state index in [2.05, 4.69) is 37.2 Å². The highest BCUT2D eigenvalue weighted by Crippen LogP contribution is 2.59. The fourth-order valence-electron chi connectivity index (χ4n) is 5.95. The van der Waals surface area contributed by atoms with Crippen LogP contribution in [-0.2, 0) is 9.53 Å². The van der Waals surface area contributed by atoms with Crippen molar-refractivity contribution < 1.29 is 14.3 Å². The number of esters is 1. The van der Waals surface area contributed by atoms with E-state index >= 15 is 0 Å². The Labute approximate surface area is 206 Å². The highest BCUT2D eigenvalue weighted by atomic mass is 79.9. The first-order valence-corrected chi connectivity index (χ1v) is 12.9. The summed E-state index contributed by atoms with van der Waals surface area (Å²) in [6.07, 6.45) is 1.09. The Bertz CT molecular complexity index is 1170. The van der Waals surface area contributed by atoms with E-state index in [1.54, 1.807) is 11.8 Å². The minimum Gasteiger partial charge on any atom is -0.469 e. The topological polar surface area (TPSA) is 75.9 Å². The van der Waals surface area contributed by atoms with Crippen LogP contribution in [0.1, 0.15) is 29.5 Å². The van der Waals surface area contributed by atoms with Gasteiger partial charge in [0.2, 0.25) is 0 Å². The van der Waals surface area contributed by atoms with Crippen LogP contribution in [0.25, 0.3) is 0 Å². The average molecular weight is 580 g/mol. The number of amidine groups is 1. The van der Waals surface area contributed by atoms with E-state index in [0.717, 1.165) is 25.6 Å². The first-order chi connectivity index (χ1) is 15.4. The summed E-state index contributed by atoms with van der Waals surface area (Å²) in [5.74, 6) is 0.00595. The van der Waals surface area contributed by atoms with Crippen LogP contribution >= 0.6 is 43.6 Å². The fourth-order valence-corrected chi connectivity index (χ4v) is 7.74. The summed E-state index contributed by atoms with van der Waals surface area (Å²) in [6.45, 7) is 0.611. The number of aromatic nitrogens is 1. The van der Waals surface area contributed by atoms with E-state index < -0.39 is 5.66 Å². The summed E-state index contributed by atoms with van der Waals surface area (Å²) in [6, 6.07) is 11.9. The molecule has 10 heteroatoms. The molecule has 1 aromatic heterocycles. The summed E-state index contributed by atoms with van der Waals surface area (Å²) < 4.78 is 8.67. The second-order valence-electron chi connectivity index (χ2n) is 8.69. The van der Waals surface area contributed by atoms with Crippen molar-refractivity contribution >= 4 is 60.7 Å². The zero-order valence-corrected chi connectivity index (χ0v) is 21.1. The minimum absolute atomic E-state index is 0.00895. The van der Waals surface area contributed by atoms with Crippen LogP contribution < -0.4 is 5.32 Å². The van der Waals surface area contributed by atoms with Crippen molar-refractivity contribution in [3.8, 4) is 0 Å². The highest BCUT2D eigenvalue weighted by Gasteiger charge is 2.68. The quantitative estimate of drug-likeness (QED) is 0.539. The third-order valence-corrected chi connectivity index (χ3v) is 10.1. The van der Waals surface area contributed by atoms with Crippen LogP contribution in [0.15, 0.2) is 55.4 Å². The molecule has 0 bridgehead atoms. The van der Waals surface area contributed by atoms with Gasteiger partial charge in [0.1, 0.15) is 10.3 Å². The number of rotatable bonds is 2. The molecule has 4 heterocycles. The van der Waals surface area contributed by atoms with Crippen molar-refractivity contribution in [1.82, 2.24) is 14.8 Å². The van der Waals surface area contributed by atoms with Crippen LogP contribution in [0.3, 0.4) is 0 Å². The molecule has 1 aliphatic carbocycles. The van der Waals surface area contributed by atoms with Crippen molar-refractivity contribution in [2.45, 2.75) is 29.6 Å². The minimum atomic E-state index is -0.699. The molecular weight excluding hydrogens is 560 g/mol.